The molecule has 0 atom stereocenters. The molecule has 1 aromatic carbocycles. The molecule has 0 aliphatic carbocycles. The van der Waals surface area contributed by atoms with E-state index in [9.17, 15) is 14.7 Å². The molecule has 6 nitrogen and oxygen atoms in total. The van der Waals surface area contributed by atoms with E-state index in [1.807, 2.05) is 30.3 Å². The van der Waals surface area contributed by atoms with Gasteiger partial charge in [0, 0.05) is 18.0 Å². The molecule has 0 radical (unpaired) electrons. The van der Waals surface area contributed by atoms with E-state index < -0.39 is 12.1 Å². The van der Waals surface area contributed by atoms with E-state index in [2.05, 4.69) is 17.1 Å². The monoisotopic (exact) mass is 374 g/mol. The number of amides is 1. The van der Waals surface area contributed by atoms with Gasteiger partial charge in [0.15, 0.2) is 0 Å². The van der Waals surface area contributed by atoms with E-state index >= 15 is 0 Å². The van der Waals surface area contributed by atoms with E-state index in [0.29, 0.717) is 11.4 Å². The number of carbonyl (C=O) groups is 2. The largest absolute Gasteiger partial charge is 0.478 e. The summed E-state index contributed by atoms with van der Waals surface area (Å²) >= 11 is 1.34. The molecule has 3 rings (SSSR count). The van der Waals surface area contributed by atoms with Crippen LogP contribution in [0.4, 0.5) is 9.80 Å². The van der Waals surface area contributed by atoms with E-state index in [4.69, 9.17) is 4.74 Å². The van der Waals surface area contributed by atoms with Gasteiger partial charge in [-0.15, -0.1) is 11.3 Å². The topological polar surface area (TPSA) is 78.9 Å². The first kappa shape index (κ1) is 18.4. The molecule has 0 unspecified atom stereocenters. The van der Waals surface area contributed by atoms with Crippen LogP contribution in [0.25, 0.3) is 0 Å². The maximum absolute atomic E-state index is 12.1. The zero-order chi connectivity index (χ0) is 18.5. The van der Waals surface area contributed by atoms with Crippen LogP contribution >= 0.6 is 11.3 Å². The number of benzene rings is 1. The Morgan fingerprint density at radius 3 is 2.77 bits per heavy atom. The van der Waals surface area contributed by atoms with Crippen molar-refractivity contribution in [2.45, 2.75) is 32.9 Å². The average molecular weight is 374 g/mol. The van der Waals surface area contributed by atoms with Crippen LogP contribution in [-0.4, -0.2) is 35.2 Å². The third-order valence-electron chi connectivity index (χ3n) is 4.32. The van der Waals surface area contributed by atoms with Gasteiger partial charge in [-0.3, -0.25) is 10.2 Å². The molecule has 2 N–H and O–H groups in total. The lowest BCUT2D eigenvalue weighted by molar-refractivity contribution is 0.0696. The number of carboxylic acids is 1. The highest BCUT2D eigenvalue weighted by Crippen LogP contribution is 2.37. The lowest BCUT2D eigenvalue weighted by Crippen LogP contribution is -2.30. The van der Waals surface area contributed by atoms with Crippen LogP contribution in [0.15, 0.2) is 30.3 Å². The van der Waals surface area contributed by atoms with Gasteiger partial charge in [-0.25, -0.2) is 9.59 Å². The van der Waals surface area contributed by atoms with E-state index in [0.717, 1.165) is 42.1 Å². The normalized spacial score (nSPS) is 13.9. The van der Waals surface area contributed by atoms with Crippen molar-refractivity contribution in [3.63, 3.8) is 0 Å². The van der Waals surface area contributed by atoms with Crippen molar-refractivity contribution < 1.29 is 19.4 Å². The molecule has 1 amide bonds. The predicted octanol–water partition coefficient (Wildman–Crippen LogP) is 3.96. The summed E-state index contributed by atoms with van der Waals surface area (Å²) in [4.78, 5) is 27.2. The number of hydrogen-bond donors (Lipinski definition) is 2. The van der Waals surface area contributed by atoms with Crippen molar-refractivity contribution in [1.29, 1.82) is 0 Å². The molecule has 1 aromatic heterocycles. The van der Waals surface area contributed by atoms with Crippen LogP contribution in [0, 0.1) is 0 Å². The number of aromatic carboxylic acids is 1. The minimum Gasteiger partial charge on any atom is -0.478 e. The Morgan fingerprint density at radius 1 is 1.31 bits per heavy atom. The Hall–Kier alpha value is -2.38. The summed E-state index contributed by atoms with van der Waals surface area (Å²) in [5.41, 5.74) is 1.92. The van der Waals surface area contributed by atoms with Gasteiger partial charge in [-0.2, -0.15) is 0 Å². The van der Waals surface area contributed by atoms with Gasteiger partial charge in [0.2, 0.25) is 0 Å². The van der Waals surface area contributed by atoms with Gasteiger partial charge in [0.1, 0.15) is 11.6 Å². The molecule has 138 valence electrons. The summed E-state index contributed by atoms with van der Waals surface area (Å²) < 4.78 is 5.21. The number of rotatable bonds is 6. The zero-order valence-corrected chi connectivity index (χ0v) is 15.5. The number of carboxylic acid groups (broad SMARTS) is 1. The first-order valence-electron chi connectivity index (χ1n) is 8.66. The standard InChI is InChI=1S/C19H22N2O4S/c1-2-9-21-10-8-14-15(11-21)26-17(16(14)18(22)23)20-19(24)25-12-13-6-4-3-5-7-13/h3-7H,2,8-12H2,1H3,(H,20,24)(H,22,23). The SMILES string of the molecule is CCCN1CCc2c(sc(NC(=O)OCc3ccccc3)c2C(=O)O)C1. The maximum Gasteiger partial charge on any atom is 0.412 e. The van der Waals surface area contributed by atoms with Gasteiger partial charge >= 0.3 is 12.1 Å². The minimum atomic E-state index is -1.01. The molecule has 2 heterocycles. The number of ether oxygens (including phenoxy) is 1. The van der Waals surface area contributed by atoms with Gasteiger partial charge in [-0.1, -0.05) is 37.3 Å². The van der Waals surface area contributed by atoms with Crippen molar-refractivity contribution in [1.82, 2.24) is 4.90 Å². The molecule has 0 saturated heterocycles. The molecular formula is C19H22N2O4S. The van der Waals surface area contributed by atoms with Crippen LogP contribution in [0.3, 0.4) is 0 Å². The second-order valence-electron chi connectivity index (χ2n) is 6.23. The highest BCUT2D eigenvalue weighted by atomic mass is 32.1. The van der Waals surface area contributed by atoms with Crippen LogP contribution in [0.2, 0.25) is 0 Å². The molecule has 1 aliphatic heterocycles. The van der Waals surface area contributed by atoms with Crippen LogP contribution in [-0.2, 0) is 24.3 Å². The minimum absolute atomic E-state index is 0.143. The first-order chi connectivity index (χ1) is 12.6. The Morgan fingerprint density at radius 2 is 2.08 bits per heavy atom. The molecule has 26 heavy (non-hydrogen) atoms. The second kappa shape index (κ2) is 8.33. The molecule has 2 aromatic rings. The quantitative estimate of drug-likeness (QED) is 0.800. The molecule has 1 aliphatic rings. The number of nitrogens with one attached hydrogen (secondary N) is 1. The molecular weight excluding hydrogens is 352 g/mol. The molecule has 0 fully saturated rings. The van der Waals surface area contributed by atoms with E-state index in [-0.39, 0.29) is 12.2 Å². The van der Waals surface area contributed by atoms with Crippen molar-refractivity contribution in [2.75, 3.05) is 18.4 Å². The summed E-state index contributed by atoms with van der Waals surface area (Å²) in [6, 6.07) is 9.36. The van der Waals surface area contributed by atoms with Crippen LogP contribution < -0.4 is 5.32 Å². The van der Waals surface area contributed by atoms with Gasteiger partial charge in [-0.05, 0) is 30.5 Å². The Kier molecular flexibility index (Phi) is 5.90. The third-order valence-corrected chi connectivity index (χ3v) is 5.45. The van der Waals surface area contributed by atoms with E-state index in [1.54, 1.807) is 0 Å². The first-order valence-corrected chi connectivity index (χ1v) is 9.48. The Labute approximate surface area is 156 Å². The maximum atomic E-state index is 12.1. The van der Waals surface area contributed by atoms with Gasteiger partial charge in [0.25, 0.3) is 0 Å². The van der Waals surface area contributed by atoms with Crippen LogP contribution in [0.1, 0.15) is 39.7 Å². The molecule has 7 heteroatoms. The highest BCUT2D eigenvalue weighted by molar-refractivity contribution is 7.17. The van der Waals surface area contributed by atoms with Gasteiger partial charge in [0.05, 0.1) is 5.56 Å². The van der Waals surface area contributed by atoms with E-state index in [1.165, 1.54) is 11.3 Å². The van der Waals surface area contributed by atoms with Crippen LogP contribution in [0.5, 0.6) is 0 Å². The Balaban J connectivity index is 1.71. The fourth-order valence-corrected chi connectivity index (χ4v) is 4.40. The number of nitrogens with zero attached hydrogens (tertiary/aromatic N) is 1. The fourth-order valence-electron chi connectivity index (χ4n) is 3.13. The van der Waals surface area contributed by atoms with Crippen molar-refractivity contribution in [3.05, 3.63) is 51.9 Å². The Bertz CT molecular complexity index is 788. The number of fused-ring (bicyclic) bond motifs is 1. The van der Waals surface area contributed by atoms with Gasteiger partial charge < -0.3 is 9.84 Å². The van der Waals surface area contributed by atoms with Crippen molar-refractivity contribution >= 4 is 28.4 Å². The smallest absolute Gasteiger partial charge is 0.412 e. The summed E-state index contributed by atoms with van der Waals surface area (Å²) in [7, 11) is 0. The predicted molar refractivity (Wildman–Crippen MR) is 101 cm³/mol. The lowest BCUT2D eigenvalue weighted by atomic mass is 10.0. The zero-order valence-electron chi connectivity index (χ0n) is 14.7. The second-order valence-corrected chi connectivity index (χ2v) is 7.33. The summed E-state index contributed by atoms with van der Waals surface area (Å²) in [5, 5.41) is 12.6. The highest BCUT2D eigenvalue weighted by Gasteiger charge is 2.28. The third kappa shape index (κ3) is 4.23. The summed E-state index contributed by atoms with van der Waals surface area (Å²) in [6.07, 6.45) is 1.11. The number of carbonyl (C=O) groups excluding carboxylic acids is 1. The lowest BCUT2D eigenvalue weighted by Gasteiger charge is -2.26. The van der Waals surface area contributed by atoms with Crippen molar-refractivity contribution in [2.24, 2.45) is 0 Å². The molecule has 0 saturated carbocycles. The summed E-state index contributed by atoms with van der Waals surface area (Å²) in [6.45, 7) is 4.83. The molecule has 0 spiro atoms. The van der Waals surface area contributed by atoms with Crippen molar-refractivity contribution in [3.8, 4) is 0 Å². The average Bonchev–Trinajstić information content (AvgIpc) is 2.98. The summed E-state index contributed by atoms with van der Waals surface area (Å²) in [5.74, 6) is -1.01. The number of hydrogen-bond acceptors (Lipinski definition) is 5. The molecule has 0 bridgehead atoms. The fraction of sp³-hybridized carbons (Fsp3) is 0.368. The number of anilines is 1. The number of thiophene rings is 1.